The third-order valence-electron chi connectivity index (χ3n) is 4.82. The predicted octanol–water partition coefficient (Wildman–Crippen LogP) is 2.47. The molecule has 0 spiro atoms. The summed E-state index contributed by atoms with van der Waals surface area (Å²) in [5.74, 6) is -0.778. The average molecular weight is 316 g/mol. The molecular formula is C18H24N2O3. The standard InChI is InChI=1S/C18H24N2O3/c1-4-23-6-5-20-10-13-7-16-15(9-18(21)22)12(2)19(3)17(16)8-14(13)11-20/h7-8H,4-6,9-11H2,1-3H3,(H,21,22). The van der Waals surface area contributed by atoms with Crippen LogP contribution in [-0.4, -0.2) is 40.3 Å². The lowest BCUT2D eigenvalue weighted by atomic mass is 10.0. The van der Waals surface area contributed by atoms with Gasteiger partial charge in [-0.3, -0.25) is 9.69 Å². The van der Waals surface area contributed by atoms with Crippen LogP contribution in [0.15, 0.2) is 12.1 Å². The lowest BCUT2D eigenvalue weighted by molar-refractivity contribution is -0.136. The van der Waals surface area contributed by atoms with Gasteiger partial charge in [0.1, 0.15) is 0 Å². The second kappa shape index (κ2) is 6.34. The fourth-order valence-corrected chi connectivity index (χ4v) is 3.48. The number of hydrogen-bond donors (Lipinski definition) is 1. The average Bonchev–Trinajstić information content (AvgIpc) is 3.00. The summed E-state index contributed by atoms with van der Waals surface area (Å²) in [7, 11) is 2.01. The fourth-order valence-electron chi connectivity index (χ4n) is 3.48. The molecule has 2 heterocycles. The highest BCUT2D eigenvalue weighted by molar-refractivity contribution is 5.90. The van der Waals surface area contributed by atoms with Gasteiger partial charge in [0, 0.05) is 49.9 Å². The summed E-state index contributed by atoms with van der Waals surface area (Å²) in [5.41, 5.74) is 5.76. The van der Waals surface area contributed by atoms with Gasteiger partial charge in [-0.25, -0.2) is 0 Å². The van der Waals surface area contributed by atoms with Crippen LogP contribution < -0.4 is 0 Å². The van der Waals surface area contributed by atoms with Crippen molar-refractivity contribution in [1.29, 1.82) is 0 Å². The van der Waals surface area contributed by atoms with E-state index in [1.165, 1.54) is 11.1 Å². The number of carboxylic acids is 1. The first-order chi connectivity index (χ1) is 11.0. The van der Waals surface area contributed by atoms with E-state index in [1.54, 1.807) is 0 Å². The summed E-state index contributed by atoms with van der Waals surface area (Å²) in [6.45, 7) is 8.31. The Labute approximate surface area is 136 Å². The number of ether oxygens (including phenoxy) is 1. The molecule has 0 amide bonds. The zero-order chi connectivity index (χ0) is 16.6. The van der Waals surface area contributed by atoms with Gasteiger partial charge in [-0.1, -0.05) is 0 Å². The predicted molar refractivity (Wildman–Crippen MR) is 89.6 cm³/mol. The van der Waals surface area contributed by atoms with E-state index >= 15 is 0 Å². The van der Waals surface area contributed by atoms with Crippen molar-refractivity contribution in [1.82, 2.24) is 9.47 Å². The zero-order valence-corrected chi connectivity index (χ0v) is 14.1. The molecule has 0 radical (unpaired) electrons. The molecule has 2 aromatic rings. The third-order valence-corrected chi connectivity index (χ3v) is 4.82. The summed E-state index contributed by atoms with van der Waals surface area (Å²) in [5, 5.41) is 10.3. The normalized spacial score (nSPS) is 14.6. The molecular weight excluding hydrogens is 292 g/mol. The quantitative estimate of drug-likeness (QED) is 0.832. The van der Waals surface area contributed by atoms with E-state index in [0.717, 1.165) is 55.0 Å². The second-order valence-corrected chi connectivity index (χ2v) is 6.24. The molecule has 1 aromatic carbocycles. The molecule has 5 nitrogen and oxygen atoms in total. The Bertz CT molecular complexity index is 749. The number of carboxylic acid groups (broad SMARTS) is 1. The summed E-state index contributed by atoms with van der Waals surface area (Å²) in [6.07, 6.45) is 0.0794. The Morgan fingerprint density at radius 1 is 1.30 bits per heavy atom. The first-order valence-corrected chi connectivity index (χ1v) is 8.12. The van der Waals surface area contributed by atoms with Crippen LogP contribution in [0.2, 0.25) is 0 Å². The van der Waals surface area contributed by atoms with Gasteiger partial charge in [0.25, 0.3) is 0 Å². The summed E-state index contributed by atoms with van der Waals surface area (Å²) >= 11 is 0. The van der Waals surface area contributed by atoms with E-state index in [2.05, 4.69) is 21.6 Å². The Hall–Kier alpha value is -1.85. The smallest absolute Gasteiger partial charge is 0.307 e. The van der Waals surface area contributed by atoms with Crippen molar-refractivity contribution in [2.45, 2.75) is 33.4 Å². The lowest BCUT2D eigenvalue weighted by Crippen LogP contribution is -2.21. The molecule has 1 aliphatic rings. The van der Waals surface area contributed by atoms with Crippen LogP contribution in [-0.2, 0) is 36.1 Å². The number of carbonyl (C=O) groups is 1. The highest BCUT2D eigenvalue weighted by atomic mass is 16.5. The monoisotopic (exact) mass is 316 g/mol. The maximum Gasteiger partial charge on any atom is 0.307 e. The maximum absolute atomic E-state index is 11.2. The van der Waals surface area contributed by atoms with Gasteiger partial charge >= 0.3 is 5.97 Å². The number of rotatable bonds is 6. The Morgan fingerprint density at radius 2 is 2.00 bits per heavy atom. The molecule has 0 atom stereocenters. The number of hydrogen-bond acceptors (Lipinski definition) is 3. The molecule has 1 aromatic heterocycles. The van der Waals surface area contributed by atoms with Crippen LogP contribution in [0.1, 0.15) is 29.3 Å². The number of benzene rings is 1. The molecule has 3 rings (SSSR count). The highest BCUT2D eigenvalue weighted by Crippen LogP contribution is 2.32. The Kier molecular flexibility index (Phi) is 4.41. The zero-order valence-electron chi connectivity index (χ0n) is 14.1. The van der Waals surface area contributed by atoms with Gasteiger partial charge in [0.15, 0.2) is 0 Å². The minimum Gasteiger partial charge on any atom is -0.481 e. The van der Waals surface area contributed by atoms with Gasteiger partial charge in [-0.15, -0.1) is 0 Å². The van der Waals surface area contributed by atoms with Gasteiger partial charge in [0.05, 0.1) is 13.0 Å². The molecule has 0 aliphatic carbocycles. The fraction of sp³-hybridized carbons (Fsp3) is 0.500. The van der Waals surface area contributed by atoms with Gasteiger partial charge in [0.2, 0.25) is 0 Å². The van der Waals surface area contributed by atoms with Crippen molar-refractivity contribution in [3.05, 3.63) is 34.5 Å². The van der Waals surface area contributed by atoms with Crippen molar-refractivity contribution in [2.24, 2.45) is 7.05 Å². The van der Waals surface area contributed by atoms with Gasteiger partial charge in [-0.2, -0.15) is 0 Å². The van der Waals surface area contributed by atoms with Gasteiger partial charge < -0.3 is 14.4 Å². The molecule has 0 saturated carbocycles. The Balaban J connectivity index is 1.92. The van der Waals surface area contributed by atoms with Crippen molar-refractivity contribution in [3.8, 4) is 0 Å². The first kappa shape index (κ1) is 16.0. The molecule has 23 heavy (non-hydrogen) atoms. The van der Waals surface area contributed by atoms with Crippen molar-refractivity contribution in [2.75, 3.05) is 19.8 Å². The number of nitrogens with zero attached hydrogens (tertiary/aromatic N) is 2. The summed E-state index contributed by atoms with van der Waals surface area (Å²) in [6, 6.07) is 4.42. The van der Waals surface area contributed by atoms with Crippen molar-refractivity contribution < 1.29 is 14.6 Å². The van der Waals surface area contributed by atoms with Crippen LogP contribution in [0.25, 0.3) is 10.9 Å². The van der Waals surface area contributed by atoms with Gasteiger partial charge in [-0.05, 0) is 42.7 Å². The number of aromatic nitrogens is 1. The number of aliphatic carboxylic acids is 1. The van der Waals surface area contributed by atoms with Crippen LogP contribution in [0.4, 0.5) is 0 Å². The first-order valence-electron chi connectivity index (χ1n) is 8.12. The molecule has 0 unspecified atom stereocenters. The van der Waals surface area contributed by atoms with Crippen LogP contribution in [0, 0.1) is 6.92 Å². The molecule has 0 saturated heterocycles. The molecule has 1 aliphatic heterocycles. The van der Waals surface area contributed by atoms with E-state index in [9.17, 15) is 9.90 Å². The lowest BCUT2D eigenvalue weighted by Gasteiger charge is -2.13. The minimum atomic E-state index is -0.778. The van der Waals surface area contributed by atoms with E-state index in [-0.39, 0.29) is 6.42 Å². The van der Waals surface area contributed by atoms with E-state index in [0.29, 0.717) is 0 Å². The van der Waals surface area contributed by atoms with E-state index < -0.39 is 5.97 Å². The molecule has 5 heteroatoms. The van der Waals surface area contributed by atoms with E-state index in [4.69, 9.17) is 4.74 Å². The van der Waals surface area contributed by atoms with E-state index in [1.807, 2.05) is 20.9 Å². The second-order valence-electron chi connectivity index (χ2n) is 6.24. The van der Waals surface area contributed by atoms with Crippen molar-refractivity contribution >= 4 is 16.9 Å². The summed E-state index contributed by atoms with van der Waals surface area (Å²) in [4.78, 5) is 13.6. The minimum absolute atomic E-state index is 0.0794. The number of aryl methyl sites for hydroxylation is 1. The van der Waals surface area contributed by atoms with Crippen LogP contribution in [0.5, 0.6) is 0 Å². The molecule has 0 fully saturated rings. The summed E-state index contributed by atoms with van der Waals surface area (Å²) < 4.78 is 7.55. The molecule has 1 N–H and O–H groups in total. The third kappa shape index (κ3) is 2.99. The topological polar surface area (TPSA) is 54.7 Å². The van der Waals surface area contributed by atoms with Crippen molar-refractivity contribution in [3.63, 3.8) is 0 Å². The highest BCUT2D eigenvalue weighted by Gasteiger charge is 2.22. The van der Waals surface area contributed by atoms with Crippen LogP contribution >= 0.6 is 0 Å². The molecule has 0 bridgehead atoms. The van der Waals surface area contributed by atoms with Crippen LogP contribution in [0.3, 0.4) is 0 Å². The SMILES string of the molecule is CCOCCN1Cc2cc3c(CC(=O)O)c(C)n(C)c3cc2C1. The maximum atomic E-state index is 11.2. The Morgan fingerprint density at radius 3 is 2.65 bits per heavy atom. The molecule has 124 valence electrons. The number of fused-ring (bicyclic) bond motifs is 2. The largest absolute Gasteiger partial charge is 0.481 e.